The summed E-state index contributed by atoms with van der Waals surface area (Å²) in [6, 6.07) is 9.18. The van der Waals surface area contributed by atoms with Crippen LogP contribution in [0.3, 0.4) is 0 Å². The summed E-state index contributed by atoms with van der Waals surface area (Å²) >= 11 is 1.46. The van der Waals surface area contributed by atoms with Crippen molar-refractivity contribution in [2.45, 2.75) is 32.7 Å². The van der Waals surface area contributed by atoms with Gasteiger partial charge in [0, 0.05) is 17.7 Å². The molecule has 0 fully saturated rings. The number of benzene rings is 1. The fourth-order valence-corrected chi connectivity index (χ4v) is 3.35. The number of ether oxygens (including phenoxy) is 2. The highest BCUT2D eigenvalue weighted by Gasteiger charge is 2.17. The minimum absolute atomic E-state index is 0.0129. The van der Waals surface area contributed by atoms with E-state index in [2.05, 4.69) is 5.32 Å². The topological polar surface area (TPSA) is 64.6 Å². The molecule has 1 aliphatic rings. The van der Waals surface area contributed by atoms with Gasteiger partial charge < -0.3 is 14.8 Å². The number of hydrogen-bond acceptors (Lipinski definition) is 5. The maximum absolute atomic E-state index is 12.1. The van der Waals surface area contributed by atoms with Gasteiger partial charge in [0.05, 0.1) is 10.9 Å². The Bertz CT molecular complexity index is 768. The average Bonchev–Trinajstić information content (AvgIpc) is 3.20. The van der Waals surface area contributed by atoms with Crippen molar-refractivity contribution in [2.24, 2.45) is 0 Å². The summed E-state index contributed by atoms with van der Waals surface area (Å²) in [4.78, 5) is 25.9. The summed E-state index contributed by atoms with van der Waals surface area (Å²) in [7, 11) is 0. The second-order valence-electron chi connectivity index (χ2n) is 5.74. The molecule has 0 radical (unpaired) electrons. The summed E-state index contributed by atoms with van der Waals surface area (Å²) in [6.45, 7) is 4.09. The zero-order chi connectivity index (χ0) is 17.1. The normalized spacial score (nSPS) is 13.6. The Morgan fingerprint density at radius 3 is 2.71 bits per heavy atom. The molecule has 0 saturated heterocycles. The number of Topliss-reactive ketones (excluding diaryl/α,β-unsaturated/α-hetero) is 1. The molecule has 6 heteroatoms. The molecule has 1 aliphatic heterocycles. The SMILES string of the molecule is Cc1ccc(C(=O)CCC(=O)NC(C)c2ccc3c(c2)OCO3)s1. The van der Waals surface area contributed by atoms with Gasteiger partial charge in [-0.25, -0.2) is 0 Å². The quantitative estimate of drug-likeness (QED) is 0.812. The van der Waals surface area contributed by atoms with E-state index in [1.54, 1.807) is 0 Å². The van der Waals surface area contributed by atoms with Crippen LogP contribution in [0.5, 0.6) is 11.5 Å². The lowest BCUT2D eigenvalue weighted by atomic mass is 10.1. The first-order valence-corrected chi connectivity index (χ1v) is 8.63. The number of amides is 1. The summed E-state index contributed by atoms with van der Waals surface area (Å²) in [5.41, 5.74) is 0.938. The first kappa shape index (κ1) is 16.5. The third-order valence-corrected chi connectivity index (χ3v) is 4.91. The van der Waals surface area contributed by atoms with E-state index in [-0.39, 0.29) is 37.4 Å². The molecule has 3 rings (SSSR count). The number of aryl methyl sites for hydroxylation is 1. The van der Waals surface area contributed by atoms with Crippen molar-refractivity contribution in [3.63, 3.8) is 0 Å². The molecule has 2 aromatic rings. The van der Waals surface area contributed by atoms with E-state index in [0.29, 0.717) is 16.4 Å². The number of hydrogen-bond donors (Lipinski definition) is 1. The molecule has 1 atom stereocenters. The minimum Gasteiger partial charge on any atom is -0.454 e. The standard InChI is InChI=1S/C18H19NO4S/c1-11-3-7-17(24-11)14(20)5-8-18(21)19-12(2)13-4-6-15-16(9-13)23-10-22-15/h3-4,6-7,9,12H,5,8,10H2,1-2H3,(H,19,21). The van der Waals surface area contributed by atoms with Gasteiger partial charge in [-0.15, -0.1) is 11.3 Å². The van der Waals surface area contributed by atoms with E-state index in [1.807, 2.05) is 44.2 Å². The van der Waals surface area contributed by atoms with Crippen LogP contribution in [-0.2, 0) is 4.79 Å². The van der Waals surface area contributed by atoms with Crippen molar-refractivity contribution in [3.05, 3.63) is 45.6 Å². The number of thiophene rings is 1. The number of carbonyl (C=O) groups is 2. The zero-order valence-corrected chi connectivity index (χ0v) is 14.4. The Balaban J connectivity index is 1.52. The molecular formula is C18H19NO4S. The van der Waals surface area contributed by atoms with Crippen LogP contribution in [0.2, 0.25) is 0 Å². The molecule has 5 nitrogen and oxygen atoms in total. The highest BCUT2D eigenvalue weighted by molar-refractivity contribution is 7.14. The summed E-state index contributed by atoms with van der Waals surface area (Å²) in [5.74, 6) is 1.28. The van der Waals surface area contributed by atoms with E-state index < -0.39 is 0 Å². The lowest BCUT2D eigenvalue weighted by molar-refractivity contribution is -0.121. The molecule has 0 aliphatic carbocycles. The van der Waals surface area contributed by atoms with Crippen LogP contribution in [0.1, 0.15) is 45.9 Å². The first-order chi connectivity index (χ1) is 11.5. The smallest absolute Gasteiger partial charge is 0.231 e. The van der Waals surface area contributed by atoms with Gasteiger partial charge in [-0.1, -0.05) is 6.07 Å². The van der Waals surface area contributed by atoms with Crippen molar-refractivity contribution in [1.82, 2.24) is 5.32 Å². The predicted octanol–water partition coefficient (Wildman–Crippen LogP) is 3.63. The van der Waals surface area contributed by atoms with Gasteiger partial charge in [0.2, 0.25) is 12.7 Å². The Labute approximate surface area is 144 Å². The van der Waals surface area contributed by atoms with Crippen molar-refractivity contribution < 1.29 is 19.1 Å². The maximum atomic E-state index is 12.1. The lowest BCUT2D eigenvalue weighted by Crippen LogP contribution is -2.26. The first-order valence-electron chi connectivity index (χ1n) is 7.81. The molecule has 1 unspecified atom stereocenters. The van der Waals surface area contributed by atoms with E-state index in [1.165, 1.54) is 11.3 Å². The molecular weight excluding hydrogens is 326 g/mol. The second-order valence-corrected chi connectivity index (χ2v) is 7.02. The van der Waals surface area contributed by atoms with E-state index in [9.17, 15) is 9.59 Å². The zero-order valence-electron chi connectivity index (χ0n) is 13.6. The van der Waals surface area contributed by atoms with Crippen LogP contribution in [0.4, 0.5) is 0 Å². The van der Waals surface area contributed by atoms with Crippen molar-refractivity contribution >= 4 is 23.0 Å². The Morgan fingerprint density at radius 1 is 1.17 bits per heavy atom. The molecule has 1 N–H and O–H groups in total. The molecule has 1 aromatic carbocycles. The monoisotopic (exact) mass is 345 g/mol. The van der Waals surface area contributed by atoms with Gasteiger partial charge in [0.1, 0.15) is 0 Å². The largest absolute Gasteiger partial charge is 0.454 e. The van der Waals surface area contributed by atoms with Gasteiger partial charge >= 0.3 is 0 Å². The Kier molecular flexibility index (Phi) is 4.85. The van der Waals surface area contributed by atoms with E-state index >= 15 is 0 Å². The molecule has 1 aromatic heterocycles. The van der Waals surface area contributed by atoms with Crippen LogP contribution in [0, 0.1) is 6.92 Å². The third kappa shape index (κ3) is 3.76. The van der Waals surface area contributed by atoms with Gasteiger partial charge in [-0.3, -0.25) is 9.59 Å². The summed E-state index contributed by atoms with van der Waals surface area (Å²) in [5, 5.41) is 2.92. The molecule has 24 heavy (non-hydrogen) atoms. The van der Waals surface area contributed by atoms with Crippen LogP contribution < -0.4 is 14.8 Å². The van der Waals surface area contributed by atoms with Gasteiger partial charge in [0.15, 0.2) is 17.3 Å². The third-order valence-electron chi connectivity index (χ3n) is 3.87. The highest BCUT2D eigenvalue weighted by atomic mass is 32.1. The Hall–Kier alpha value is -2.34. The van der Waals surface area contributed by atoms with E-state index in [4.69, 9.17) is 9.47 Å². The number of fused-ring (bicyclic) bond motifs is 1. The van der Waals surface area contributed by atoms with Crippen molar-refractivity contribution in [2.75, 3.05) is 6.79 Å². The highest BCUT2D eigenvalue weighted by Crippen LogP contribution is 2.34. The summed E-state index contributed by atoms with van der Waals surface area (Å²) in [6.07, 6.45) is 0.407. The molecule has 0 bridgehead atoms. The van der Waals surface area contributed by atoms with Crippen molar-refractivity contribution in [3.8, 4) is 11.5 Å². The molecule has 126 valence electrons. The minimum atomic E-state index is -0.161. The summed E-state index contributed by atoms with van der Waals surface area (Å²) < 4.78 is 10.6. The number of ketones is 1. The van der Waals surface area contributed by atoms with Crippen LogP contribution in [-0.4, -0.2) is 18.5 Å². The van der Waals surface area contributed by atoms with E-state index in [0.717, 1.165) is 10.4 Å². The maximum Gasteiger partial charge on any atom is 0.231 e. The van der Waals surface area contributed by atoms with Crippen molar-refractivity contribution in [1.29, 1.82) is 0 Å². The van der Waals surface area contributed by atoms with Gasteiger partial charge in [0.25, 0.3) is 0 Å². The fourth-order valence-electron chi connectivity index (χ4n) is 2.51. The number of carbonyl (C=O) groups excluding carboxylic acids is 2. The lowest BCUT2D eigenvalue weighted by Gasteiger charge is -2.14. The second kappa shape index (κ2) is 7.05. The molecule has 0 spiro atoms. The van der Waals surface area contributed by atoms with Crippen LogP contribution in [0.25, 0.3) is 0 Å². The molecule has 2 heterocycles. The molecule has 0 saturated carbocycles. The number of nitrogens with one attached hydrogen (secondary N) is 1. The van der Waals surface area contributed by atoms with Gasteiger partial charge in [-0.05, 0) is 43.7 Å². The van der Waals surface area contributed by atoms with Gasteiger partial charge in [-0.2, -0.15) is 0 Å². The van der Waals surface area contributed by atoms with Crippen LogP contribution in [0.15, 0.2) is 30.3 Å². The number of rotatable bonds is 6. The average molecular weight is 345 g/mol. The predicted molar refractivity (Wildman–Crippen MR) is 91.7 cm³/mol. The molecule has 1 amide bonds. The van der Waals surface area contributed by atoms with Crippen LogP contribution >= 0.6 is 11.3 Å². The fraction of sp³-hybridized carbons (Fsp3) is 0.333. The Morgan fingerprint density at radius 2 is 1.96 bits per heavy atom.